The van der Waals surface area contributed by atoms with Gasteiger partial charge in [-0.3, -0.25) is 0 Å². The number of amides is 2. The highest BCUT2D eigenvalue weighted by Gasteiger charge is 2.24. The van der Waals surface area contributed by atoms with Crippen LogP contribution in [0.2, 0.25) is 0 Å². The lowest BCUT2D eigenvalue weighted by molar-refractivity contribution is 0.248. The lowest BCUT2D eigenvalue weighted by Crippen LogP contribution is -2.36. The maximum atomic E-state index is 11.8. The summed E-state index contributed by atoms with van der Waals surface area (Å²) in [4.78, 5) is 11.8. The maximum Gasteiger partial charge on any atom is 0.319 e. The molecule has 1 aliphatic rings. The van der Waals surface area contributed by atoms with Crippen LogP contribution in [0.15, 0.2) is 24.3 Å². The van der Waals surface area contributed by atoms with Crippen LogP contribution in [-0.2, 0) is 0 Å². The molecule has 1 fully saturated rings. The van der Waals surface area contributed by atoms with Crippen LogP contribution in [0.3, 0.4) is 0 Å². The Kier molecular flexibility index (Phi) is 4.36. The molecule has 98 valence electrons. The van der Waals surface area contributed by atoms with E-state index < -0.39 is 0 Å². The lowest BCUT2D eigenvalue weighted by atomic mass is 10.2. The minimum atomic E-state index is -0.146. The van der Waals surface area contributed by atoms with E-state index in [1.807, 2.05) is 23.9 Å². The molecule has 0 aromatic heterocycles. The van der Waals surface area contributed by atoms with Crippen molar-refractivity contribution in [2.45, 2.75) is 30.6 Å². The van der Waals surface area contributed by atoms with Crippen LogP contribution in [0.5, 0.6) is 0 Å². The quantitative estimate of drug-likeness (QED) is 0.736. The predicted molar refractivity (Wildman–Crippen MR) is 78.0 cm³/mol. The van der Waals surface area contributed by atoms with E-state index in [0.29, 0.717) is 17.0 Å². The zero-order valence-electron chi connectivity index (χ0n) is 10.5. The number of thioether (sulfide) groups is 1. The summed E-state index contributed by atoms with van der Waals surface area (Å²) in [6.45, 7) is 0. The van der Waals surface area contributed by atoms with Crippen LogP contribution >= 0.6 is 11.8 Å². The number of hydrogen-bond donors (Lipinski definition) is 3. The van der Waals surface area contributed by atoms with E-state index >= 15 is 0 Å². The van der Waals surface area contributed by atoms with Gasteiger partial charge in [0.05, 0.1) is 0 Å². The molecule has 18 heavy (non-hydrogen) atoms. The predicted octanol–water partition coefficient (Wildman–Crippen LogP) is 2.67. The van der Waals surface area contributed by atoms with Crippen LogP contribution in [0.1, 0.15) is 19.3 Å². The van der Waals surface area contributed by atoms with E-state index in [1.54, 1.807) is 12.1 Å². The van der Waals surface area contributed by atoms with Gasteiger partial charge in [0.25, 0.3) is 0 Å². The minimum absolute atomic E-state index is 0.146. The van der Waals surface area contributed by atoms with E-state index in [0.717, 1.165) is 18.5 Å². The van der Waals surface area contributed by atoms with Crippen molar-refractivity contribution in [1.82, 2.24) is 5.32 Å². The topological polar surface area (TPSA) is 67.2 Å². The summed E-state index contributed by atoms with van der Waals surface area (Å²) >= 11 is 1.88. The van der Waals surface area contributed by atoms with Crippen molar-refractivity contribution in [2.75, 3.05) is 17.3 Å². The zero-order chi connectivity index (χ0) is 13.0. The molecule has 4 N–H and O–H groups in total. The van der Waals surface area contributed by atoms with Crippen LogP contribution in [0, 0.1) is 0 Å². The van der Waals surface area contributed by atoms with Crippen molar-refractivity contribution in [1.29, 1.82) is 0 Å². The number of anilines is 2. The molecular weight excluding hydrogens is 246 g/mol. The molecule has 5 heteroatoms. The Morgan fingerprint density at radius 1 is 1.44 bits per heavy atom. The summed E-state index contributed by atoms with van der Waals surface area (Å²) in [5.41, 5.74) is 7.04. The SMILES string of the molecule is CSC1CCC(NC(=O)Nc2cccc(N)c2)C1. The van der Waals surface area contributed by atoms with Gasteiger partial charge in [0.15, 0.2) is 0 Å². The van der Waals surface area contributed by atoms with Crippen LogP contribution in [0.25, 0.3) is 0 Å². The molecule has 0 aliphatic heterocycles. The number of carbonyl (C=O) groups excluding carboxylic acids is 1. The summed E-state index contributed by atoms with van der Waals surface area (Å²) < 4.78 is 0. The summed E-state index contributed by atoms with van der Waals surface area (Å²) in [7, 11) is 0. The normalized spacial score (nSPS) is 22.7. The van der Waals surface area contributed by atoms with Gasteiger partial charge in [-0.15, -0.1) is 0 Å². The standard InChI is InChI=1S/C13H19N3OS/c1-18-12-6-5-11(8-12)16-13(17)15-10-4-2-3-9(14)7-10/h2-4,7,11-12H,5-6,8,14H2,1H3,(H2,15,16,17). The first kappa shape index (κ1) is 13.1. The minimum Gasteiger partial charge on any atom is -0.399 e. The van der Waals surface area contributed by atoms with E-state index in [1.165, 1.54) is 6.42 Å². The summed E-state index contributed by atoms with van der Waals surface area (Å²) in [5, 5.41) is 6.50. The lowest BCUT2D eigenvalue weighted by Gasteiger charge is -2.13. The second-order valence-corrected chi connectivity index (χ2v) is 5.73. The van der Waals surface area contributed by atoms with E-state index in [-0.39, 0.29) is 6.03 Å². The molecule has 0 radical (unpaired) electrons. The van der Waals surface area contributed by atoms with E-state index in [2.05, 4.69) is 16.9 Å². The van der Waals surface area contributed by atoms with E-state index in [4.69, 9.17) is 5.73 Å². The maximum absolute atomic E-state index is 11.8. The van der Waals surface area contributed by atoms with Crippen molar-refractivity contribution >= 4 is 29.2 Å². The Labute approximate surface area is 112 Å². The van der Waals surface area contributed by atoms with Gasteiger partial charge in [0, 0.05) is 22.7 Å². The Morgan fingerprint density at radius 3 is 2.94 bits per heavy atom. The molecule has 4 nitrogen and oxygen atoms in total. The second kappa shape index (κ2) is 6.00. The second-order valence-electron chi connectivity index (χ2n) is 4.59. The molecule has 1 aromatic rings. The highest BCUT2D eigenvalue weighted by molar-refractivity contribution is 7.99. The average molecular weight is 265 g/mol. The summed E-state index contributed by atoms with van der Waals surface area (Å²) in [6.07, 6.45) is 5.44. The molecule has 2 unspecified atom stereocenters. The molecule has 1 aromatic carbocycles. The summed E-state index contributed by atoms with van der Waals surface area (Å²) in [5.74, 6) is 0. The van der Waals surface area contributed by atoms with Crippen molar-refractivity contribution < 1.29 is 4.79 Å². The van der Waals surface area contributed by atoms with Gasteiger partial charge in [-0.25, -0.2) is 4.79 Å². The molecule has 0 saturated heterocycles. The van der Waals surface area contributed by atoms with Crippen LogP contribution in [-0.4, -0.2) is 23.6 Å². The Morgan fingerprint density at radius 2 is 2.28 bits per heavy atom. The number of hydrogen-bond acceptors (Lipinski definition) is 3. The van der Waals surface area contributed by atoms with E-state index in [9.17, 15) is 4.79 Å². The molecule has 2 atom stereocenters. The number of carbonyl (C=O) groups is 1. The third-order valence-corrected chi connectivity index (χ3v) is 4.29. The molecular formula is C13H19N3OS. The van der Waals surface area contributed by atoms with Gasteiger partial charge < -0.3 is 16.4 Å². The molecule has 0 spiro atoms. The number of nitrogens with two attached hydrogens (primary N) is 1. The third-order valence-electron chi connectivity index (χ3n) is 3.20. The average Bonchev–Trinajstić information content (AvgIpc) is 2.76. The number of urea groups is 1. The van der Waals surface area contributed by atoms with Gasteiger partial charge >= 0.3 is 6.03 Å². The van der Waals surface area contributed by atoms with Gasteiger partial charge in [0.1, 0.15) is 0 Å². The first-order valence-corrected chi connectivity index (χ1v) is 7.42. The first-order valence-electron chi connectivity index (χ1n) is 6.13. The molecule has 0 bridgehead atoms. The van der Waals surface area contributed by atoms with Crippen LogP contribution in [0.4, 0.5) is 16.2 Å². The number of nitrogen functional groups attached to an aromatic ring is 1. The number of benzene rings is 1. The van der Waals surface area contributed by atoms with Crippen LogP contribution < -0.4 is 16.4 Å². The highest BCUT2D eigenvalue weighted by atomic mass is 32.2. The monoisotopic (exact) mass is 265 g/mol. The Hall–Kier alpha value is -1.36. The number of nitrogens with one attached hydrogen (secondary N) is 2. The summed E-state index contributed by atoms with van der Waals surface area (Å²) in [6, 6.07) is 7.34. The van der Waals surface area contributed by atoms with Crippen molar-refractivity contribution in [3.05, 3.63) is 24.3 Å². The fourth-order valence-electron chi connectivity index (χ4n) is 2.25. The first-order chi connectivity index (χ1) is 8.67. The largest absolute Gasteiger partial charge is 0.399 e. The van der Waals surface area contributed by atoms with Gasteiger partial charge in [0.2, 0.25) is 0 Å². The molecule has 1 saturated carbocycles. The van der Waals surface area contributed by atoms with Crippen molar-refractivity contribution in [3.8, 4) is 0 Å². The van der Waals surface area contributed by atoms with Gasteiger partial charge in [-0.05, 0) is 43.7 Å². The fraction of sp³-hybridized carbons (Fsp3) is 0.462. The molecule has 2 amide bonds. The number of rotatable bonds is 3. The molecule has 1 aliphatic carbocycles. The Bertz CT molecular complexity index is 424. The smallest absolute Gasteiger partial charge is 0.319 e. The molecule has 0 heterocycles. The highest BCUT2D eigenvalue weighted by Crippen LogP contribution is 2.28. The van der Waals surface area contributed by atoms with Crippen molar-refractivity contribution in [3.63, 3.8) is 0 Å². The van der Waals surface area contributed by atoms with Crippen molar-refractivity contribution in [2.24, 2.45) is 0 Å². The third kappa shape index (κ3) is 3.57. The Balaban J connectivity index is 1.82. The zero-order valence-corrected chi connectivity index (χ0v) is 11.3. The fourth-order valence-corrected chi connectivity index (χ4v) is 3.05. The van der Waals surface area contributed by atoms with Gasteiger partial charge in [-0.1, -0.05) is 6.07 Å². The molecule has 2 rings (SSSR count). The van der Waals surface area contributed by atoms with Gasteiger partial charge in [-0.2, -0.15) is 11.8 Å².